The van der Waals surface area contributed by atoms with E-state index in [0.29, 0.717) is 6.42 Å². The first-order valence-electron chi connectivity index (χ1n) is 10.3. The van der Waals surface area contributed by atoms with Crippen molar-refractivity contribution in [1.82, 2.24) is 9.55 Å². The van der Waals surface area contributed by atoms with Gasteiger partial charge in [-0.05, 0) is 13.3 Å². The molecule has 0 aliphatic carbocycles. The van der Waals surface area contributed by atoms with Gasteiger partial charge in [0, 0.05) is 18.7 Å². The number of ether oxygens (including phenoxy) is 4. The monoisotopic (exact) mass is 454 g/mol. The molecule has 176 valence electrons. The molecule has 3 heterocycles. The predicted molar refractivity (Wildman–Crippen MR) is 106 cm³/mol. The molecule has 3 N–H and O–H groups in total. The third-order valence-electron chi connectivity index (χ3n) is 4.87. The van der Waals surface area contributed by atoms with Crippen molar-refractivity contribution in [2.75, 3.05) is 12.1 Å². The molecule has 1 aromatic rings. The highest BCUT2D eigenvalue weighted by Gasteiger charge is 2.55. The maximum absolute atomic E-state index is 12.5. The van der Waals surface area contributed by atoms with E-state index in [4.69, 9.17) is 29.5 Å². The lowest BCUT2D eigenvalue weighted by molar-refractivity contribution is -0.151. The number of anilines is 1. The van der Waals surface area contributed by atoms with Crippen molar-refractivity contribution in [2.24, 2.45) is 5.73 Å². The van der Waals surface area contributed by atoms with E-state index in [0.717, 1.165) is 17.4 Å². The molecule has 0 radical (unpaired) electrons. The number of fused-ring (bicyclic) bond motifs is 1. The Kier molecular flexibility index (Phi) is 7.64. The topological polar surface area (TPSA) is 170 Å². The lowest BCUT2D eigenvalue weighted by Crippen LogP contribution is -2.36. The van der Waals surface area contributed by atoms with Gasteiger partial charge in [0.2, 0.25) is 0 Å². The number of hydrogen-bond donors (Lipinski definition) is 2. The SMILES string of the molecule is CCCCCC(=O)ONc1ccn([C@@H]2O[C@H](COC(=O)[C@@H](C)N)[C@H]3OC(=O)O[C@H]32)c(=O)n1. The molecule has 0 unspecified atom stereocenters. The van der Waals surface area contributed by atoms with Crippen molar-refractivity contribution in [3.63, 3.8) is 0 Å². The smallest absolute Gasteiger partial charge is 0.462 e. The number of carbonyl (C=O) groups is 3. The molecule has 13 nitrogen and oxygen atoms in total. The predicted octanol–water partition coefficient (Wildman–Crippen LogP) is 0.386. The molecule has 0 saturated carbocycles. The van der Waals surface area contributed by atoms with E-state index < -0.39 is 54.4 Å². The van der Waals surface area contributed by atoms with Crippen molar-refractivity contribution in [2.45, 2.75) is 70.1 Å². The zero-order chi connectivity index (χ0) is 23.3. The lowest BCUT2D eigenvalue weighted by atomic mass is 10.1. The van der Waals surface area contributed by atoms with Crippen LogP contribution in [0.15, 0.2) is 17.1 Å². The lowest BCUT2D eigenvalue weighted by Gasteiger charge is -2.18. The summed E-state index contributed by atoms with van der Waals surface area (Å²) in [6.07, 6.45) is -0.513. The fourth-order valence-electron chi connectivity index (χ4n) is 3.22. The van der Waals surface area contributed by atoms with Gasteiger partial charge in [-0.15, -0.1) is 0 Å². The molecule has 2 saturated heterocycles. The van der Waals surface area contributed by atoms with Gasteiger partial charge in [-0.2, -0.15) is 4.98 Å². The van der Waals surface area contributed by atoms with Crippen molar-refractivity contribution in [3.05, 3.63) is 22.7 Å². The number of esters is 1. The second-order valence-corrected chi connectivity index (χ2v) is 7.43. The molecule has 0 aromatic carbocycles. The zero-order valence-corrected chi connectivity index (χ0v) is 17.7. The van der Waals surface area contributed by atoms with Gasteiger partial charge in [0.25, 0.3) is 0 Å². The van der Waals surface area contributed by atoms with Crippen LogP contribution in [0.25, 0.3) is 0 Å². The number of aromatic nitrogens is 2. The molecule has 2 fully saturated rings. The summed E-state index contributed by atoms with van der Waals surface area (Å²) in [6, 6.07) is 0.554. The highest BCUT2D eigenvalue weighted by Crippen LogP contribution is 2.37. The molecule has 0 amide bonds. The molecule has 0 spiro atoms. The number of unbranched alkanes of at least 4 members (excludes halogenated alkanes) is 2. The van der Waals surface area contributed by atoms with Crippen LogP contribution in [0.3, 0.4) is 0 Å². The van der Waals surface area contributed by atoms with E-state index in [9.17, 15) is 19.2 Å². The molecule has 0 bridgehead atoms. The van der Waals surface area contributed by atoms with Gasteiger partial charge in [-0.3, -0.25) is 9.36 Å². The molecule has 32 heavy (non-hydrogen) atoms. The Morgan fingerprint density at radius 2 is 2.03 bits per heavy atom. The first-order valence-corrected chi connectivity index (χ1v) is 10.3. The molecule has 13 heteroatoms. The Morgan fingerprint density at radius 1 is 1.28 bits per heavy atom. The Balaban J connectivity index is 1.65. The minimum Gasteiger partial charge on any atom is -0.462 e. The van der Waals surface area contributed by atoms with Gasteiger partial charge in [-0.25, -0.2) is 19.9 Å². The second kappa shape index (κ2) is 10.4. The van der Waals surface area contributed by atoms with Crippen LogP contribution in [-0.2, 0) is 33.4 Å². The number of nitrogens with zero attached hydrogens (tertiary/aromatic N) is 2. The van der Waals surface area contributed by atoms with Gasteiger partial charge in [0.1, 0.15) is 18.8 Å². The second-order valence-electron chi connectivity index (χ2n) is 7.43. The number of rotatable bonds is 10. The normalized spacial score (nSPS) is 24.8. The van der Waals surface area contributed by atoms with Crippen molar-refractivity contribution < 1.29 is 38.2 Å². The van der Waals surface area contributed by atoms with E-state index in [-0.39, 0.29) is 18.8 Å². The van der Waals surface area contributed by atoms with Crippen LogP contribution in [0.4, 0.5) is 10.6 Å². The summed E-state index contributed by atoms with van der Waals surface area (Å²) in [6.45, 7) is 3.24. The maximum Gasteiger partial charge on any atom is 0.509 e. The molecule has 5 atom stereocenters. The van der Waals surface area contributed by atoms with Gasteiger partial charge in [-0.1, -0.05) is 19.8 Å². The Bertz CT molecular complexity index is 903. The van der Waals surface area contributed by atoms with E-state index >= 15 is 0 Å². The molecule has 2 aliphatic heterocycles. The molecule has 3 rings (SSSR count). The Hall–Kier alpha value is -3.19. The summed E-state index contributed by atoms with van der Waals surface area (Å²) in [5, 5.41) is 0. The highest BCUT2D eigenvalue weighted by molar-refractivity contribution is 5.74. The summed E-state index contributed by atoms with van der Waals surface area (Å²) in [5.41, 5.74) is 7.05. The quantitative estimate of drug-likeness (QED) is 0.216. The fourth-order valence-corrected chi connectivity index (χ4v) is 3.22. The van der Waals surface area contributed by atoms with E-state index in [2.05, 4.69) is 10.5 Å². The largest absolute Gasteiger partial charge is 0.509 e. The summed E-state index contributed by atoms with van der Waals surface area (Å²) in [4.78, 5) is 56.1. The average Bonchev–Trinajstić information content (AvgIpc) is 3.28. The fraction of sp³-hybridized carbons (Fsp3) is 0.632. The number of nitrogens with two attached hydrogens (primary N) is 1. The van der Waals surface area contributed by atoms with E-state index in [1.54, 1.807) is 0 Å². The van der Waals surface area contributed by atoms with Crippen molar-refractivity contribution in [1.29, 1.82) is 0 Å². The average molecular weight is 454 g/mol. The molecular weight excluding hydrogens is 428 g/mol. The van der Waals surface area contributed by atoms with Crippen LogP contribution in [-0.4, -0.2) is 58.6 Å². The van der Waals surface area contributed by atoms with Crippen LogP contribution >= 0.6 is 0 Å². The standard InChI is InChI=1S/C19H26N4O9/c1-3-4-5-6-13(24)32-22-12-7-8-23(18(26)21-12)16-15-14(30-19(27)31-15)11(29-16)9-28-17(25)10(2)20/h7-8,10-11,14-16H,3-6,9,20H2,1-2H3,(H,21,22,26)/t10-,11-,14-,15-,16-/m1/s1. The summed E-state index contributed by atoms with van der Waals surface area (Å²) in [7, 11) is 0. The highest BCUT2D eigenvalue weighted by atomic mass is 16.8. The van der Waals surface area contributed by atoms with Crippen LogP contribution < -0.4 is 16.9 Å². The number of carbonyl (C=O) groups excluding carboxylic acids is 3. The summed E-state index contributed by atoms with van der Waals surface area (Å²) in [5.74, 6) is -1.10. The summed E-state index contributed by atoms with van der Waals surface area (Å²) < 4.78 is 22.1. The minimum atomic E-state index is -1.06. The maximum atomic E-state index is 12.5. The van der Waals surface area contributed by atoms with E-state index in [1.165, 1.54) is 19.2 Å². The zero-order valence-electron chi connectivity index (χ0n) is 17.7. The van der Waals surface area contributed by atoms with Crippen LogP contribution in [0.2, 0.25) is 0 Å². The van der Waals surface area contributed by atoms with Crippen LogP contribution in [0.5, 0.6) is 0 Å². The first-order chi connectivity index (χ1) is 15.3. The number of hydrogen-bond acceptors (Lipinski definition) is 12. The molecule has 2 aliphatic rings. The van der Waals surface area contributed by atoms with Gasteiger partial charge < -0.3 is 29.5 Å². The van der Waals surface area contributed by atoms with Gasteiger partial charge >= 0.3 is 23.8 Å². The van der Waals surface area contributed by atoms with Crippen LogP contribution in [0.1, 0.15) is 45.8 Å². The Labute approximate surface area is 183 Å². The van der Waals surface area contributed by atoms with E-state index in [1.807, 2.05) is 6.92 Å². The summed E-state index contributed by atoms with van der Waals surface area (Å²) >= 11 is 0. The Morgan fingerprint density at radius 3 is 2.72 bits per heavy atom. The van der Waals surface area contributed by atoms with Crippen molar-refractivity contribution in [3.8, 4) is 0 Å². The van der Waals surface area contributed by atoms with Crippen LogP contribution in [0, 0.1) is 0 Å². The van der Waals surface area contributed by atoms with Gasteiger partial charge in [0.15, 0.2) is 24.3 Å². The minimum absolute atomic E-state index is 0.0201. The third kappa shape index (κ3) is 5.53. The van der Waals surface area contributed by atoms with Crippen molar-refractivity contribution >= 4 is 23.9 Å². The molecule has 1 aromatic heterocycles. The first kappa shape index (κ1) is 23.5. The molecular formula is C19H26N4O9. The number of nitrogens with one attached hydrogen (secondary N) is 1. The van der Waals surface area contributed by atoms with Gasteiger partial charge in [0.05, 0.1) is 0 Å². The third-order valence-corrected chi connectivity index (χ3v) is 4.87.